The van der Waals surface area contributed by atoms with Crippen molar-refractivity contribution >= 4 is 22.6 Å². The Balaban J connectivity index is 1.63. The van der Waals surface area contributed by atoms with Crippen LogP contribution in [0.25, 0.3) is 22.0 Å². The van der Waals surface area contributed by atoms with Gasteiger partial charge in [0.15, 0.2) is 5.82 Å². The van der Waals surface area contributed by atoms with Crippen LogP contribution in [0.4, 0.5) is 10.2 Å². The maximum absolute atomic E-state index is 13.4. The average Bonchev–Trinajstić information content (AvgIpc) is 2.78. The summed E-state index contributed by atoms with van der Waals surface area (Å²) < 4.78 is 13.4. The van der Waals surface area contributed by atoms with Crippen LogP contribution in [0.3, 0.4) is 0 Å². The van der Waals surface area contributed by atoms with Crippen LogP contribution in [0.2, 0.25) is 0 Å². The lowest BCUT2D eigenvalue weighted by Crippen LogP contribution is -2.54. The molecule has 1 aliphatic rings. The summed E-state index contributed by atoms with van der Waals surface area (Å²) in [4.78, 5) is 20.3. The predicted molar refractivity (Wildman–Crippen MR) is 123 cm³/mol. The fourth-order valence-electron chi connectivity index (χ4n) is 3.87. The van der Waals surface area contributed by atoms with Crippen LogP contribution in [0.15, 0.2) is 48.5 Å². The fourth-order valence-corrected chi connectivity index (χ4v) is 3.87. The molecule has 32 heavy (non-hydrogen) atoms. The summed E-state index contributed by atoms with van der Waals surface area (Å²) in [6, 6.07) is 14.4. The third kappa shape index (κ3) is 4.43. The smallest absolute Gasteiger partial charge is 0.330 e. The second-order valence-electron chi connectivity index (χ2n) is 9.20. The van der Waals surface area contributed by atoms with Crippen molar-refractivity contribution in [1.82, 2.24) is 15.3 Å². The quantitative estimate of drug-likeness (QED) is 0.583. The number of nitrogens with zero attached hydrogens (tertiary/aromatic N) is 4. The van der Waals surface area contributed by atoms with E-state index in [9.17, 15) is 9.18 Å². The molecule has 7 heteroatoms. The monoisotopic (exact) mass is 436 g/mol. The minimum atomic E-state index is -0.548. The van der Waals surface area contributed by atoms with Gasteiger partial charge in [0.2, 0.25) is 0 Å². The minimum absolute atomic E-state index is 0.0624. The SMILES string of the molecule is CC[C@H]1CN(c2nnc(-c3ccc(F)cc3)c3ccccc23)CCN1OC(=O)C(C)(C)C. The molecule has 0 unspecified atom stereocenters. The first kappa shape index (κ1) is 22.1. The van der Waals surface area contributed by atoms with Gasteiger partial charge in [-0.3, -0.25) is 0 Å². The lowest BCUT2D eigenvalue weighted by atomic mass is 9.98. The van der Waals surface area contributed by atoms with Gasteiger partial charge in [-0.2, -0.15) is 0 Å². The van der Waals surface area contributed by atoms with E-state index >= 15 is 0 Å². The number of piperazine rings is 1. The maximum atomic E-state index is 13.4. The zero-order valence-electron chi connectivity index (χ0n) is 19.0. The molecule has 1 fully saturated rings. The van der Waals surface area contributed by atoms with Crippen LogP contribution in [0.1, 0.15) is 34.1 Å². The van der Waals surface area contributed by atoms with E-state index in [2.05, 4.69) is 22.0 Å². The Labute approximate surface area is 188 Å². The number of rotatable bonds is 4. The molecule has 4 rings (SSSR count). The van der Waals surface area contributed by atoms with Gasteiger partial charge in [0.25, 0.3) is 0 Å². The van der Waals surface area contributed by atoms with Crippen molar-refractivity contribution in [3.63, 3.8) is 0 Å². The van der Waals surface area contributed by atoms with E-state index in [4.69, 9.17) is 4.84 Å². The molecule has 0 aliphatic carbocycles. The van der Waals surface area contributed by atoms with Gasteiger partial charge in [-0.1, -0.05) is 31.2 Å². The van der Waals surface area contributed by atoms with Crippen molar-refractivity contribution in [3.05, 3.63) is 54.3 Å². The van der Waals surface area contributed by atoms with Gasteiger partial charge in [0.1, 0.15) is 11.5 Å². The Morgan fingerprint density at radius 2 is 1.75 bits per heavy atom. The van der Waals surface area contributed by atoms with Crippen LogP contribution in [0, 0.1) is 11.2 Å². The molecule has 3 aromatic rings. The molecule has 1 aromatic heterocycles. The van der Waals surface area contributed by atoms with Crippen LogP contribution >= 0.6 is 0 Å². The van der Waals surface area contributed by atoms with Crippen molar-refractivity contribution in [1.29, 1.82) is 0 Å². The first-order valence-corrected chi connectivity index (χ1v) is 11.0. The highest BCUT2D eigenvalue weighted by molar-refractivity contribution is 6.00. The first-order valence-electron chi connectivity index (χ1n) is 11.0. The maximum Gasteiger partial charge on any atom is 0.330 e. The van der Waals surface area contributed by atoms with Gasteiger partial charge >= 0.3 is 5.97 Å². The largest absolute Gasteiger partial charge is 0.367 e. The van der Waals surface area contributed by atoms with Crippen molar-refractivity contribution in [2.75, 3.05) is 24.5 Å². The third-order valence-electron chi connectivity index (χ3n) is 5.80. The van der Waals surface area contributed by atoms with Crippen LogP contribution in [-0.4, -0.2) is 46.9 Å². The summed E-state index contributed by atoms with van der Waals surface area (Å²) in [5.41, 5.74) is 1.01. The van der Waals surface area contributed by atoms with E-state index in [1.165, 1.54) is 12.1 Å². The van der Waals surface area contributed by atoms with Crippen molar-refractivity contribution in [2.45, 2.75) is 40.2 Å². The summed E-state index contributed by atoms with van der Waals surface area (Å²) >= 11 is 0. The van der Waals surface area contributed by atoms with Gasteiger partial charge in [-0.25, -0.2) is 9.18 Å². The number of halogens is 1. The number of benzene rings is 2. The number of hydrogen-bond donors (Lipinski definition) is 0. The molecule has 0 amide bonds. The molecule has 168 valence electrons. The number of aromatic nitrogens is 2. The van der Waals surface area contributed by atoms with Gasteiger partial charge in [0.05, 0.1) is 18.0 Å². The van der Waals surface area contributed by atoms with Crippen molar-refractivity contribution in [3.8, 4) is 11.3 Å². The van der Waals surface area contributed by atoms with Crippen LogP contribution < -0.4 is 4.90 Å². The topological polar surface area (TPSA) is 58.6 Å². The standard InChI is InChI=1S/C25H29FN4O2/c1-5-19-16-29(14-15-30(19)32-24(31)25(2,3)4)23-21-9-7-6-8-20(21)22(27-28-23)17-10-12-18(26)13-11-17/h6-13,19H,5,14-16H2,1-4H3/t19-/m0/s1. The second-order valence-corrected chi connectivity index (χ2v) is 9.20. The number of carbonyl (C=O) groups is 1. The lowest BCUT2D eigenvalue weighted by molar-refractivity contribution is -0.213. The van der Waals surface area contributed by atoms with Gasteiger partial charge in [-0.05, 0) is 51.5 Å². The van der Waals surface area contributed by atoms with Crippen LogP contribution in [-0.2, 0) is 9.63 Å². The molecule has 1 saturated heterocycles. The van der Waals surface area contributed by atoms with Crippen molar-refractivity contribution in [2.24, 2.45) is 5.41 Å². The van der Waals surface area contributed by atoms with Gasteiger partial charge in [0, 0.05) is 29.4 Å². The van der Waals surface area contributed by atoms with Crippen molar-refractivity contribution < 1.29 is 14.0 Å². The lowest BCUT2D eigenvalue weighted by Gasteiger charge is -2.40. The average molecular weight is 437 g/mol. The van der Waals surface area contributed by atoms with E-state index in [0.717, 1.165) is 34.3 Å². The Morgan fingerprint density at radius 3 is 2.41 bits per heavy atom. The fraction of sp³-hybridized carbons (Fsp3) is 0.400. The molecule has 0 bridgehead atoms. The zero-order valence-corrected chi connectivity index (χ0v) is 19.0. The van der Waals surface area contributed by atoms with E-state index in [1.807, 2.05) is 50.1 Å². The third-order valence-corrected chi connectivity index (χ3v) is 5.80. The molecule has 1 atom stereocenters. The molecular weight excluding hydrogens is 407 g/mol. The molecular formula is C25H29FN4O2. The molecule has 0 radical (unpaired) electrons. The summed E-state index contributed by atoms with van der Waals surface area (Å²) in [6.07, 6.45) is 0.840. The number of fused-ring (bicyclic) bond motifs is 1. The zero-order chi connectivity index (χ0) is 22.9. The Morgan fingerprint density at radius 1 is 1.06 bits per heavy atom. The van der Waals surface area contributed by atoms with E-state index in [1.54, 1.807) is 12.1 Å². The Bertz CT molecular complexity index is 1110. The highest BCUT2D eigenvalue weighted by Crippen LogP contribution is 2.32. The number of hydroxylamine groups is 2. The van der Waals surface area contributed by atoms with E-state index in [0.29, 0.717) is 19.6 Å². The van der Waals surface area contributed by atoms with Gasteiger partial charge < -0.3 is 9.74 Å². The molecule has 0 saturated carbocycles. The number of anilines is 1. The highest BCUT2D eigenvalue weighted by Gasteiger charge is 2.33. The molecule has 6 nitrogen and oxygen atoms in total. The van der Waals surface area contributed by atoms with E-state index < -0.39 is 5.41 Å². The number of carbonyl (C=O) groups excluding carboxylic acids is 1. The summed E-state index contributed by atoms with van der Waals surface area (Å²) in [7, 11) is 0. The van der Waals surface area contributed by atoms with Gasteiger partial charge in [-0.15, -0.1) is 15.3 Å². The Hall–Kier alpha value is -3.06. The molecule has 2 heterocycles. The first-order chi connectivity index (χ1) is 15.3. The summed E-state index contributed by atoms with van der Waals surface area (Å²) in [5.74, 6) is 0.309. The van der Waals surface area contributed by atoms with E-state index in [-0.39, 0.29) is 17.8 Å². The molecule has 1 aliphatic heterocycles. The second kappa shape index (κ2) is 8.82. The summed E-state index contributed by atoms with van der Waals surface area (Å²) in [6.45, 7) is 9.61. The predicted octanol–water partition coefficient (Wildman–Crippen LogP) is 4.84. The van der Waals surface area contributed by atoms with Crippen LogP contribution in [0.5, 0.6) is 0 Å². The summed E-state index contributed by atoms with van der Waals surface area (Å²) in [5, 5.41) is 12.9. The molecule has 2 aromatic carbocycles. The normalized spacial score (nSPS) is 17.5. The Kier molecular flexibility index (Phi) is 6.11. The number of hydrogen-bond acceptors (Lipinski definition) is 6. The molecule has 0 spiro atoms. The minimum Gasteiger partial charge on any atom is -0.367 e. The molecule has 0 N–H and O–H groups in total. The highest BCUT2D eigenvalue weighted by atomic mass is 19.1.